The molecule has 15 heteroatoms. The van der Waals surface area contributed by atoms with Crippen LogP contribution in [0.4, 0.5) is 11.8 Å². The zero-order chi connectivity index (χ0) is 24.6. The van der Waals surface area contributed by atoms with Crippen LogP contribution >= 0.6 is 58.5 Å². The van der Waals surface area contributed by atoms with Crippen LogP contribution in [0.2, 0.25) is 10.0 Å². The Kier molecular flexibility index (Phi) is 7.38. The SMILES string of the molecule is Nc1cc(SC2=C(C(=O)O)N3C(=O)C(NC(=O)CSc4cc(Cl)ccc4Cl)[C@H]3SC2)nc(N)n1. The molecule has 2 amide bonds. The van der Waals surface area contributed by atoms with Crippen LogP contribution in [0.1, 0.15) is 0 Å². The summed E-state index contributed by atoms with van der Waals surface area (Å²) in [7, 11) is 0. The van der Waals surface area contributed by atoms with Gasteiger partial charge in [-0.25, -0.2) is 9.78 Å². The van der Waals surface area contributed by atoms with Gasteiger partial charge in [-0.15, -0.1) is 23.5 Å². The number of benzene rings is 1. The predicted molar refractivity (Wildman–Crippen MR) is 134 cm³/mol. The average molecular weight is 559 g/mol. The maximum absolute atomic E-state index is 12.8. The minimum atomic E-state index is -1.26. The molecule has 2 aliphatic heterocycles. The molecule has 1 unspecified atom stereocenters. The lowest BCUT2D eigenvalue weighted by molar-refractivity contribution is -0.150. The van der Waals surface area contributed by atoms with Crippen molar-refractivity contribution in [1.29, 1.82) is 0 Å². The zero-order valence-electron chi connectivity index (χ0n) is 17.0. The number of hydrogen-bond acceptors (Lipinski definition) is 10. The van der Waals surface area contributed by atoms with Crippen LogP contribution < -0.4 is 16.8 Å². The second kappa shape index (κ2) is 10.1. The number of nitrogen functional groups attached to an aromatic ring is 2. The Bertz CT molecular complexity index is 1210. The van der Waals surface area contributed by atoms with Crippen molar-refractivity contribution in [2.24, 2.45) is 0 Å². The normalized spacial score (nSPS) is 19.5. The van der Waals surface area contributed by atoms with Crippen LogP contribution in [0, 0.1) is 0 Å². The lowest BCUT2D eigenvalue weighted by Crippen LogP contribution is -2.70. The number of rotatable bonds is 7. The van der Waals surface area contributed by atoms with Crippen molar-refractivity contribution in [3.05, 3.63) is 44.9 Å². The third-order valence-electron chi connectivity index (χ3n) is 4.67. The van der Waals surface area contributed by atoms with Gasteiger partial charge in [0.2, 0.25) is 11.9 Å². The van der Waals surface area contributed by atoms with Crippen LogP contribution in [0.15, 0.2) is 44.8 Å². The van der Waals surface area contributed by atoms with E-state index in [4.69, 9.17) is 34.7 Å². The van der Waals surface area contributed by atoms with E-state index >= 15 is 0 Å². The lowest BCUT2D eigenvalue weighted by Gasteiger charge is -2.49. The molecule has 2 aliphatic rings. The highest BCUT2D eigenvalue weighted by atomic mass is 35.5. The van der Waals surface area contributed by atoms with Crippen molar-refractivity contribution in [3.63, 3.8) is 0 Å². The third kappa shape index (κ3) is 5.18. The maximum atomic E-state index is 12.8. The number of carboxylic acids is 1. The van der Waals surface area contributed by atoms with E-state index < -0.39 is 23.3 Å². The molecule has 0 bridgehead atoms. The molecule has 1 aromatic heterocycles. The molecule has 178 valence electrons. The minimum Gasteiger partial charge on any atom is -0.477 e. The maximum Gasteiger partial charge on any atom is 0.353 e. The van der Waals surface area contributed by atoms with Crippen LogP contribution in [0.5, 0.6) is 0 Å². The highest BCUT2D eigenvalue weighted by Gasteiger charge is 2.54. The summed E-state index contributed by atoms with van der Waals surface area (Å²) < 4.78 is 0. The molecular formula is C19H16Cl2N6O4S3. The average Bonchev–Trinajstić information content (AvgIpc) is 2.76. The van der Waals surface area contributed by atoms with E-state index in [-0.39, 0.29) is 29.1 Å². The van der Waals surface area contributed by atoms with E-state index in [1.54, 1.807) is 18.2 Å². The van der Waals surface area contributed by atoms with E-state index in [2.05, 4.69) is 15.3 Å². The van der Waals surface area contributed by atoms with Gasteiger partial charge in [0, 0.05) is 26.6 Å². The summed E-state index contributed by atoms with van der Waals surface area (Å²) in [4.78, 5) is 47.3. The van der Waals surface area contributed by atoms with Gasteiger partial charge in [-0.2, -0.15) is 4.98 Å². The van der Waals surface area contributed by atoms with Gasteiger partial charge in [0.1, 0.15) is 28.0 Å². The summed E-state index contributed by atoms with van der Waals surface area (Å²) >= 11 is 15.7. The Hall–Kier alpha value is -2.32. The van der Waals surface area contributed by atoms with Gasteiger partial charge in [-0.05, 0) is 18.2 Å². The standard InChI is InChI=1S/C19H16Cl2N6O4S3/c20-7-1-2-8(21)9(3-7)32-6-12(28)25-14-16(29)27-15(18(30)31)10(5-33-17(14)27)34-13-4-11(22)24-19(23)26-13/h1-4,14,17H,5-6H2,(H,25,28)(H,30,31)(H4,22,23,24,26)/t14?,17-/m1/s1. The number of carbonyl (C=O) groups is 3. The molecule has 1 saturated heterocycles. The quantitative estimate of drug-likeness (QED) is 0.224. The fourth-order valence-electron chi connectivity index (χ4n) is 3.26. The summed E-state index contributed by atoms with van der Waals surface area (Å²) in [5, 5.41) is 13.3. The number of aliphatic carboxylic acids is 1. The molecule has 2 aromatic rings. The Labute approximate surface area is 216 Å². The van der Waals surface area contributed by atoms with Gasteiger partial charge in [-0.1, -0.05) is 35.0 Å². The highest BCUT2D eigenvalue weighted by molar-refractivity contribution is 8.06. The second-order valence-electron chi connectivity index (χ2n) is 6.99. The number of amides is 2. The van der Waals surface area contributed by atoms with Crippen molar-refractivity contribution < 1.29 is 19.5 Å². The van der Waals surface area contributed by atoms with Crippen molar-refractivity contribution >= 4 is 88.0 Å². The number of β-lactam (4-membered cyclic amide) rings is 1. The Morgan fingerprint density at radius 2 is 2.03 bits per heavy atom. The molecule has 1 aromatic carbocycles. The number of thioether (sulfide) groups is 3. The first kappa shape index (κ1) is 24.8. The number of hydrogen-bond donors (Lipinski definition) is 4. The molecule has 2 atom stereocenters. The van der Waals surface area contributed by atoms with E-state index in [0.29, 0.717) is 30.6 Å². The smallest absolute Gasteiger partial charge is 0.353 e. The highest BCUT2D eigenvalue weighted by Crippen LogP contribution is 2.45. The van der Waals surface area contributed by atoms with Crippen molar-refractivity contribution in [2.75, 3.05) is 23.0 Å². The molecule has 0 radical (unpaired) electrons. The van der Waals surface area contributed by atoms with Crippen LogP contribution in [0.3, 0.4) is 0 Å². The van der Waals surface area contributed by atoms with E-state index in [1.165, 1.54) is 34.5 Å². The second-order valence-corrected chi connectivity index (χ2v) is 11.1. The van der Waals surface area contributed by atoms with Crippen molar-refractivity contribution in [2.45, 2.75) is 21.3 Å². The van der Waals surface area contributed by atoms with Gasteiger partial charge in [-0.3, -0.25) is 14.5 Å². The van der Waals surface area contributed by atoms with Gasteiger partial charge < -0.3 is 21.9 Å². The predicted octanol–water partition coefficient (Wildman–Crippen LogP) is 2.53. The first-order chi connectivity index (χ1) is 16.1. The molecule has 3 heterocycles. The largest absolute Gasteiger partial charge is 0.477 e. The van der Waals surface area contributed by atoms with Gasteiger partial charge in [0.25, 0.3) is 5.91 Å². The molecule has 34 heavy (non-hydrogen) atoms. The number of nitrogens with two attached hydrogens (primary N) is 2. The van der Waals surface area contributed by atoms with Crippen LogP contribution in [-0.2, 0) is 14.4 Å². The zero-order valence-corrected chi connectivity index (χ0v) is 21.0. The number of halogens is 2. The summed E-state index contributed by atoms with van der Waals surface area (Å²) in [5.74, 6) is -1.73. The lowest BCUT2D eigenvalue weighted by atomic mass is 10.1. The molecule has 10 nitrogen and oxygen atoms in total. The number of aromatic nitrogens is 2. The minimum absolute atomic E-state index is 0.0144. The van der Waals surface area contributed by atoms with E-state index in [1.807, 2.05) is 0 Å². The number of fused-ring (bicyclic) bond motifs is 1. The Balaban J connectivity index is 1.44. The molecular weight excluding hydrogens is 543 g/mol. The molecule has 1 fully saturated rings. The molecule has 0 spiro atoms. The number of carbonyl (C=O) groups excluding carboxylic acids is 2. The summed E-state index contributed by atoms with van der Waals surface area (Å²) in [6, 6.07) is 5.56. The monoisotopic (exact) mass is 558 g/mol. The number of anilines is 2. The van der Waals surface area contributed by atoms with Crippen LogP contribution in [0.25, 0.3) is 0 Å². The summed E-state index contributed by atoms with van der Waals surface area (Å²) in [6.07, 6.45) is 0. The topological polar surface area (TPSA) is 165 Å². The van der Waals surface area contributed by atoms with E-state index in [0.717, 1.165) is 11.8 Å². The molecule has 4 rings (SSSR count). The van der Waals surface area contributed by atoms with Crippen LogP contribution in [-0.4, -0.2) is 60.7 Å². The van der Waals surface area contributed by atoms with Gasteiger partial charge in [0.05, 0.1) is 10.8 Å². The fraction of sp³-hybridized carbons (Fsp3) is 0.211. The molecule has 6 N–H and O–H groups in total. The molecule has 0 saturated carbocycles. The number of nitrogens with one attached hydrogen (secondary N) is 1. The first-order valence-electron chi connectivity index (χ1n) is 9.50. The number of nitrogens with zero attached hydrogens (tertiary/aromatic N) is 3. The third-order valence-corrected chi connectivity index (χ3v) is 8.87. The van der Waals surface area contributed by atoms with E-state index in [9.17, 15) is 19.5 Å². The first-order valence-corrected chi connectivity index (χ1v) is 13.1. The molecule has 0 aliphatic carbocycles. The summed E-state index contributed by atoms with van der Waals surface area (Å²) in [6.45, 7) is 0. The Morgan fingerprint density at radius 1 is 1.26 bits per heavy atom. The van der Waals surface area contributed by atoms with Crippen molar-refractivity contribution in [3.8, 4) is 0 Å². The Morgan fingerprint density at radius 3 is 2.74 bits per heavy atom. The summed E-state index contributed by atoms with van der Waals surface area (Å²) in [5.41, 5.74) is 11.1. The number of carboxylic acid groups (broad SMARTS) is 1. The fourth-order valence-corrected chi connectivity index (χ4v) is 7.05. The van der Waals surface area contributed by atoms with Gasteiger partial charge in [0.15, 0.2) is 0 Å². The van der Waals surface area contributed by atoms with Crippen molar-refractivity contribution in [1.82, 2.24) is 20.2 Å². The van der Waals surface area contributed by atoms with Gasteiger partial charge >= 0.3 is 5.97 Å².